The molecule has 1 atom stereocenters. The molecule has 2 aromatic carbocycles. The minimum Gasteiger partial charge on any atom is -0.465 e. The maximum absolute atomic E-state index is 13.1. The van der Waals surface area contributed by atoms with E-state index in [0.717, 1.165) is 11.8 Å². The molecule has 0 fully saturated rings. The minimum absolute atomic E-state index is 0.0837. The lowest BCUT2D eigenvalue weighted by molar-refractivity contribution is -0.384. The Morgan fingerprint density at radius 1 is 1.25 bits per heavy atom. The van der Waals surface area contributed by atoms with Crippen molar-refractivity contribution < 1.29 is 14.5 Å². The number of esters is 1. The lowest BCUT2D eigenvalue weighted by Crippen LogP contribution is -2.24. The van der Waals surface area contributed by atoms with E-state index in [4.69, 9.17) is 4.74 Å². The predicted molar refractivity (Wildman–Crippen MR) is 106 cm³/mol. The zero-order chi connectivity index (χ0) is 20.3. The number of carbonyl (C=O) groups is 1. The summed E-state index contributed by atoms with van der Waals surface area (Å²) in [5.41, 5.74) is 0.522. The number of nitro groups is 1. The lowest BCUT2D eigenvalue weighted by Gasteiger charge is -2.15. The number of fused-ring (bicyclic) bond motifs is 1. The smallest absolute Gasteiger partial charge is 0.319 e. The Labute approximate surface area is 164 Å². The highest BCUT2D eigenvalue weighted by Crippen LogP contribution is 2.26. The number of hydrogen-bond donors (Lipinski definition) is 0. The molecule has 0 aliphatic carbocycles. The quantitative estimate of drug-likeness (QED) is 0.206. The van der Waals surface area contributed by atoms with Gasteiger partial charge in [-0.1, -0.05) is 23.9 Å². The van der Waals surface area contributed by atoms with E-state index in [-0.39, 0.29) is 17.9 Å². The van der Waals surface area contributed by atoms with Gasteiger partial charge in [0.25, 0.3) is 11.2 Å². The van der Waals surface area contributed by atoms with Gasteiger partial charge in [0, 0.05) is 12.1 Å². The van der Waals surface area contributed by atoms with Crippen molar-refractivity contribution in [3.8, 4) is 5.69 Å². The van der Waals surface area contributed by atoms with Gasteiger partial charge in [0.1, 0.15) is 5.25 Å². The predicted octanol–water partition coefficient (Wildman–Crippen LogP) is 3.34. The second kappa shape index (κ2) is 8.22. The molecule has 0 aliphatic heterocycles. The fourth-order valence-corrected chi connectivity index (χ4v) is 3.53. The van der Waals surface area contributed by atoms with Gasteiger partial charge in [0.05, 0.1) is 28.1 Å². The molecule has 0 saturated carbocycles. The molecule has 9 heteroatoms. The van der Waals surface area contributed by atoms with E-state index in [9.17, 15) is 19.7 Å². The Kier molecular flexibility index (Phi) is 5.74. The van der Waals surface area contributed by atoms with Crippen molar-refractivity contribution >= 4 is 34.3 Å². The first kappa shape index (κ1) is 19.6. The summed E-state index contributed by atoms with van der Waals surface area (Å²) in [4.78, 5) is 40.1. The normalized spacial score (nSPS) is 11.9. The summed E-state index contributed by atoms with van der Waals surface area (Å²) < 4.78 is 6.38. The first-order chi connectivity index (χ1) is 13.4. The Bertz CT molecular complexity index is 1090. The van der Waals surface area contributed by atoms with E-state index in [0.29, 0.717) is 21.7 Å². The first-order valence-electron chi connectivity index (χ1n) is 8.52. The van der Waals surface area contributed by atoms with Crippen LogP contribution in [0.3, 0.4) is 0 Å². The number of carbonyl (C=O) groups excluding carboxylic acids is 1. The molecular formula is C19H17N3O5S. The van der Waals surface area contributed by atoms with Gasteiger partial charge in [-0.2, -0.15) is 0 Å². The molecule has 144 valence electrons. The molecule has 3 rings (SSSR count). The second-order valence-corrected chi connectivity index (χ2v) is 7.15. The number of rotatable bonds is 6. The number of non-ortho nitro benzene ring substituents is 1. The summed E-state index contributed by atoms with van der Waals surface area (Å²) in [6, 6.07) is 12.5. The number of benzene rings is 2. The Morgan fingerprint density at radius 3 is 2.57 bits per heavy atom. The summed E-state index contributed by atoms with van der Waals surface area (Å²) in [5, 5.41) is 11.0. The van der Waals surface area contributed by atoms with Crippen molar-refractivity contribution in [1.82, 2.24) is 9.55 Å². The molecule has 0 N–H and O–H groups in total. The minimum atomic E-state index is -0.586. The SMILES string of the molecule is CCOC(=O)[C@H](C)Sc1nc2ccccc2c(=O)n1-c1ccc([N+](=O)[O-])cc1. The largest absolute Gasteiger partial charge is 0.465 e. The Hall–Kier alpha value is -3.20. The molecule has 8 nitrogen and oxygen atoms in total. The molecule has 28 heavy (non-hydrogen) atoms. The monoisotopic (exact) mass is 399 g/mol. The van der Waals surface area contributed by atoms with Crippen LogP contribution < -0.4 is 5.56 Å². The van der Waals surface area contributed by atoms with Crippen molar-refractivity contribution in [2.45, 2.75) is 24.3 Å². The molecule has 0 spiro atoms. The zero-order valence-electron chi connectivity index (χ0n) is 15.2. The number of ether oxygens (including phenoxy) is 1. The van der Waals surface area contributed by atoms with Crippen LogP contribution in [0.1, 0.15) is 13.8 Å². The standard InChI is InChI=1S/C19H17N3O5S/c1-3-27-18(24)12(2)28-19-20-16-7-5-4-6-15(16)17(23)21(19)13-8-10-14(11-9-13)22(25)26/h4-12H,3H2,1-2H3/t12-/m0/s1. The molecule has 0 saturated heterocycles. The summed E-state index contributed by atoms with van der Waals surface area (Å²) in [7, 11) is 0. The number of nitrogens with zero attached hydrogens (tertiary/aromatic N) is 3. The molecular weight excluding hydrogens is 382 g/mol. The second-order valence-electron chi connectivity index (χ2n) is 5.84. The number of hydrogen-bond acceptors (Lipinski definition) is 7. The lowest BCUT2D eigenvalue weighted by atomic mass is 10.2. The highest BCUT2D eigenvalue weighted by Gasteiger charge is 2.21. The third-order valence-corrected chi connectivity index (χ3v) is 5.00. The fraction of sp³-hybridized carbons (Fsp3) is 0.211. The van der Waals surface area contributed by atoms with Crippen LogP contribution in [0.2, 0.25) is 0 Å². The van der Waals surface area contributed by atoms with Gasteiger partial charge >= 0.3 is 5.97 Å². The summed E-state index contributed by atoms with van der Waals surface area (Å²) in [5.74, 6) is -0.412. The number of thioether (sulfide) groups is 1. The molecule has 1 aromatic heterocycles. The number of nitro benzene ring substituents is 1. The molecule has 1 heterocycles. The molecule has 0 unspecified atom stereocenters. The van der Waals surface area contributed by atoms with Crippen LogP contribution in [-0.4, -0.2) is 32.3 Å². The van der Waals surface area contributed by atoms with Gasteiger partial charge in [-0.05, 0) is 38.1 Å². The van der Waals surface area contributed by atoms with Gasteiger partial charge in [0.15, 0.2) is 5.16 Å². The molecule has 0 aliphatic rings. The van der Waals surface area contributed by atoms with Crippen LogP contribution >= 0.6 is 11.8 Å². The van der Waals surface area contributed by atoms with E-state index in [1.54, 1.807) is 38.1 Å². The van der Waals surface area contributed by atoms with Gasteiger partial charge < -0.3 is 4.74 Å². The zero-order valence-corrected chi connectivity index (χ0v) is 16.0. The molecule has 0 bridgehead atoms. The highest BCUT2D eigenvalue weighted by atomic mass is 32.2. The number of aromatic nitrogens is 2. The van der Waals surface area contributed by atoms with Gasteiger partial charge in [-0.15, -0.1) is 0 Å². The van der Waals surface area contributed by atoms with Crippen LogP contribution in [0.4, 0.5) is 5.69 Å². The van der Waals surface area contributed by atoms with Gasteiger partial charge in [-0.25, -0.2) is 4.98 Å². The van der Waals surface area contributed by atoms with E-state index < -0.39 is 16.1 Å². The summed E-state index contributed by atoms with van der Waals surface area (Å²) in [6.45, 7) is 3.64. The Morgan fingerprint density at radius 2 is 1.93 bits per heavy atom. The van der Waals surface area contributed by atoms with E-state index >= 15 is 0 Å². The maximum atomic E-state index is 13.1. The summed E-state index contributed by atoms with van der Waals surface area (Å²) in [6.07, 6.45) is 0. The van der Waals surface area contributed by atoms with Crippen molar-refractivity contribution in [2.75, 3.05) is 6.61 Å². The van der Waals surface area contributed by atoms with Crippen molar-refractivity contribution in [2.24, 2.45) is 0 Å². The van der Waals surface area contributed by atoms with Crippen molar-refractivity contribution in [1.29, 1.82) is 0 Å². The summed E-state index contributed by atoms with van der Waals surface area (Å²) >= 11 is 1.10. The molecule has 3 aromatic rings. The average molecular weight is 399 g/mol. The Balaban J connectivity index is 2.15. The van der Waals surface area contributed by atoms with Gasteiger partial charge in [-0.3, -0.25) is 24.3 Å². The van der Waals surface area contributed by atoms with Crippen LogP contribution in [0.15, 0.2) is 58.5 Å². The van der Waals surface area contributed by atoms with Crippen molar-refractivity contribution in [3.05, 3.63) is 69.0 Å². The van der Waals surface area contributed by atoms with E-state index in [1.165, 1.54) is 28.8 Å². The average Bonchev–Trinajstić information content (AvgIpc) is 2.68. The number of para-hydroxylation sites is 1. The third kappa shape index (κ3) is 3.89. The molecule has 0 radical (unpaired) electrons. The van der Waals surface area contributed by atoms with Crippen molar-refractivity contribution in [3.63, 3.8) is 0 Å². The highest BCUT2D eigenvalue weighted by molar-refractivity contribution is 8.00. The van der Waals surface area contributed by atoms with E-state index in [2.05, 4.69) is 4.98 Å². The topological polar surface area (TPSA) is 104 Å². The van der Waals surface area contributed by atoms with Crippen LogP contribution in [0, 0.1) is 10.1 Å². The fourth-order valence-electron chi connectivity index (χ4n) is 2.61. The molecule has 0 amide bonds. The van der Waals surface area contributed by atoms with Gasteiger partial charge in [0.2, 0.25) is 0 Å². The first-order valence-corrected chi connectivity index (χ1v) is 9.40. The van der Waals surface area contributed by atoms with Crippen LogP contribution in [-0.2, 0) is 9.53 Å². The van der Waals surface area contributed by atoms with Crippen LogP contribution in [0.25, 0.3) is 16.6 Å². The third-order valence-electron chi connectivity index (χ3n) is 3.96. The van der Waals surface area contributed by atoms with Crippen LogP contribution in [0.5, 0.6) is 0 Å². The van der Waals surface area contributed by atoms with E-state index in [1.807, 2.05) is 0 Å². The maximum Gasteiger partial charge on any atom is 0.319 e.